The average molecular weight is 365 g/mol. The van der Waals surface area contributed by atoms with Gasteiger partial charge in [-0.25, -0.2) is 0 Å². The van der Waals surface area contributed by atoms with Gasteiger partial charge in [0.25, 0.3) is 0 Å². The second-order valence-corrected chi connectivity index (χ2v) is 6.67. The summed E-state index contributed by atoms with van der Waals surface area (Å²) in [5, 5.41) is 4.03. The van der Waals surface area contributed by atoms with Crippen molar-refractivity contribution in [1.29, 1.82) is 0 Å². The van der Waals surface area contributed by atoms with Gasteiger partial charge in [0.1, 0.15) is 17.5 Å². The van der Waals surface area contributed by atoms with Gasteiger partial charge in [-0.15, -0.1) is 0 Å². The molecule has 27 heavy (non-hydrogen) atoms. The first-order valence-electron chi connectivity index (χ1n) is 9.16. The van der Waals surface area contributed by atoms with Crippen LogP contribution in [0.25, 0.3) is 11.5 Å². The first-order chi connectivity index (χ1) is 13.2. The molecular weight excluding hydrogens is 342 g/mol. The highest BCUT2D eigenvalue weighted by atomic mass is 16.5. The van der Waals surface area contributed by atoms with Crippen molar-refractivity contribution in [3.8, 4) is 17.3 Å². The van der Waals surface area contributed by atoms with Gasteiger partial charge in [-0.3, -0.25) is 9.88 Å². The fourth-order valence-corrected chi connectivity index (χ4v) is 3.33. The lowest BCUT2D eigenvalue weighted by atomic mass is 10.2. The summed E-state index contributed by atoms with van der Waals surface area (Å²) in [6.07, 6.45) is 1.80. The van der Waals surface area contributed by atoms with Crippen molar-refractivity contribution >= 4 is 5.69 Å². The number of anilines is 1. The van der Waals surface area contributed by atoms with Crippen LogP contribution < -0.4 is 9.64 Å². The lowest BCUT2D eigenvalue weighted by Crippen LogP contribution is -2.45. The van der Waals surface area contributed by atoms with E-state index in [1.54, 1.807) is 6.20 Å². The minimum atomic E-state index is 0.0861. The molecule has 1 aliphatic heterocycles. The van der Waals surface area contributed by atoms with Crippen LogP contribution in [0.15, 0.2) is 53.2 Å². The molecule has 2 aromatic heterocycles. The number of ether oxygens (including phenoxy) is 1. The molecule has 4 rings (SSSR count). The predicted octanol–water partition coefficient (Wildman–Crippen LogP) is 2.85. The zero-order chi connectivity index (χ0) is 18.6. The number of aromatic nitrogens is 3. The first-order valence-corrected chi connectivity index (χ1v) is 9.16. The molecule has 0 radical (unpaired) electrons. The van der Waals surface area contributed by atoms with Crippen molar-refractivity contribution < 1.29 is 9.26 Å². The van der Waals surface area contributed by atoms with E-state index in [9.17, 15) is 0 Å². The van der Waals surface area contributed by atoms with Gasteiger partial charge in [-0.2, -0.15) is 4.98 Å². The summed E-state index contributed by atoms with van der Waals surface area (Å²) in [6.45, 7) is 5.32. The number of para-hydroxylation sites is 2. The van der Waals surface area contributed by atoms with Crippen LogP contribution in [0.4, 0.5) is 5.69 Å². The average Bonchev–Trinajstić information content (AvgIpc) is 3.16. The summed E-state index contributed by atoms with van der Waals surface area (Å²) in [6, 6.07) is 13.8. The molecule has 0 N–H and O–H groups in total. The normalized spacial score (nSPS) is 16.3. The third-order valence-electron chi connectivity index (χ3n) is 4.59. The minimum absolute atomic E-state index is 0.0861. The lowest BCUT2D eigenvalue weighted by Gasteiger charge is -2.37. The van der Waals surface area contributed by atoms with Crippen LogP contribution in [0, 0.1) is 0 Å². The fourth-order valence-electron chi connectivity index (χ4n) is 3.33. The Morgan fingerprint density at radius 1 is 1.19 bits per heavy atom. The van der Waals surface area contributed by atoms with Crippen LogP contribution in [0.3, 0.4) is 0 Å². The van der Waals surface area contributed by atoms with Crippen molar-refractivity contribution in [2.75, 3.05) is 31.6 Å². The molecule has 0 bridgehead atoms. The van der Waals surface area contributed by atoms with Gasteiger partial charge in [-0.05, 0) is 38.2 Å². The molecule has 1 unspecified atom stereocenters. The Morgan fingerprint density at radius 3 is 2.85 bits per heavy atom. The van der Waals surface area contributed by atoms with E-state index in [4.69, 9.17) is 9.26 Å². The second-order valence-electron chi connectivity index (χ2n) is 6.67. The van der Waals surface area contributed by atoms with E-state index in [1.165, 1.54) is 0 Å². The molecule has 0 saturated carbocycles. The monoisotopic (exact) mass is 365 g/mol. The summed E-state index contributed by atoms with van der Waals surface area (Å²) >= 11 is 0. The van der Waals surface area contributed by atoms with E-state index in [-0.39, 0.29) is 6.10 Å². The number of fused-ring (bicyclic) bond motifs is 1. The van der Waals surface area contributed by atoms with Gasteiger partial charge >= 0.3 is 0 Å². The topological polar surface area (TPSA) is 67.5 Å². The van der Waals surface area contributed by atoms with Crippen LogP contribution in [-0.2, 0) is 6.54 Å². The van der Waals surface area contributed by atoms with E-state index >= 15 is 0 Å². The smallest absolute Gasteiger partial charge is 0.241 e. The van der Waals surface area contributed by atoms with Crippen LogP contribution in [-0.4, -0.2) is 52.8 Å². The zero-order valence-electron chi connectivity index (χ0n) is 15.6. The summed E-state index contributed by atoms with van der Waals surface area (Å²) in [5.74, 6) is 2.03. The molecule has 0 aliphatic carbocycles. The van der Waals surface area contributed by atoms with E-state index in [1.807, 2.05) is 43.4 Å². The lowest BCUT2D eigenvalue weighted by molar-refractivity contribution is 0.133. The van der Waals surface area contributed by atoms with E-state index in [0.29, 0.717) is 24.0 Å². The van der Waals surface area contributed by atoms with Gasteiger partial charge in [0, 0.05) is 19.3 Å². The van der Waals surface area contributed by atoms with Gasteiger partial charge in [0.05, 0.1) is 18.8 Å². The minimum Gasteiger partial charge on any atom is -0.485 e. The molecule has 0 spiro atoms. The van der Waals surface area contributed by atoms with Crippen LogP contribution in [0.2, 0.25) is 0 Å². The van der Waals surface area contributed by atoms with Gasteiger partial charge < -0.3 is 14.2 Å². The van der Waals surface area contributed by atoms with Crippen LogP contribution in [0.5, 0.6) is 5.75 Å². The van der Waals surface area contributed by atoms with E-state index in [0.717, 1.165) is 31.1 Å². The molecule has 0 amide bonds. The molecule has 7 heteroatoms. The largest absolute Gasteiger partial charge is 0.485 e. The number of hydrogen-bond acceptors (Lipinski definition) is 7. The maximum Gasteiger partial charge on any atom is 0.241 e. The second kappa shape index (κ2) is 7.75. The number of benzene rings is 1. The maximum absolute atomic E-state index is 6.19. The molecule has 1 aromatic carbocycles. The Labute approximate surface area is 158 Å². The Kier molecular flexibility index (Phi) is 5.02. The van der Waals surface area contributed by atoms with Gasteiger partial charge in [-0.1, -0.05) is 23.4 Å². The van der Waals surface area contributed by atoms with Gasteiger partial charge in [0.15, 0.2) is 0 Å². The van der Waals surface area contributed by atoms with E-state index in [2.05, 4.69) is 37.9 Å². The molecule has 1 aliphatic rings. The number of hydrogen-bond donors (Lipinski definition) is 0. The summed E-state index contributed by atoms with van der Waals surface area (Å²) in [4.78, 5) is 13.2. The Morgan fingerprint density at radius 2 is 2.04 bits per heavy atom. The Balaban J connectivity index is 1.39. The maximum atomic E-state index is 6.19. The molecule has 3 aromatic rings. The molecule has 0 saturated heterocycles. The number of rotatable bonds is 6. The standard InChI is InChI=1S/C20H23N5O2/c1-3-25-13-15(26-18-10-5-4-9-17(18)25)12-24(2)14-19-22-20(23-27-19)16-8-6-7-11-21-16/h4-11,15H,3,12-14H2,1-2H3. The van der Waals surface area contributed by atoms with Crippen molar-refractivity contribution in [2.45, 2.75) is 19.6 Å². The van der Waals surface area contributed by atoms with Crippen LogP contribution in [0.1, 0.15) is 12.8 Å². The third-order valence-corrected chi connectivity index (χ3v) is 4.59. The molecular formula is C20H23N5O2. The SMILES string of the molecule is CCN1CC(CN(C)Cc2nc(-c3ccccn3)no2)Oc2ccccc21. The highest BCUT2D eigenvalue weighted by molar-refractivity contribution is 5.60. The molecule has 0 fully saturated rings. The number of pyridine rings is 1. The highest BCUT2D eigenvalue weighted by Gasteiger charge is 2.26. The first kappa shape index (κ1) is 17.5. The number of likely N-dealkylation sites (N-methyl/N-ethyl adjacent to an activating group) is 2. The van der Waals surface area contributed by atoms with Gasteiger partial charge in [0.2, 0.25) is 11.7 Å². The van der Waals surface area contributed by atoms with Crippen molar-refractivity contribution in [2.24, 2.45) is 0 Å². The van der Waals surface area contributed by atoms with Crippen molar-refractivity contribution in [3.05, 3.63) is 54.6 Å². The molecule has 3 heterocycles. The molecule has 140 valence electrons. The third kappa shape index (κ3) is 3.93. The van der Waals surface area contributed by atoms with Crippen molar-refractivity contribution in [3.63, 3.8) is 0 Å². The Hall–Kier alpha value is -2.93. The predicted molar refractivity (Wildman–Crippen MR) is 103 cm³/mol. The fraction of sp³-hybridized carbons (Fsp3) is 0.350. The van der Waals surface area contributed by atoms with E-state index < -0.39 is 0 Å². The summed E-state index contributed by atoms with van der Waals surface area (Å²) < 4.78 is 11.6. The Bertz CT molecular complexity index is 883. The summed E-state index contributed by atoms with van der Waals surface area (Å²) in [5.41, 5.74) is 1.87. The van der Waals surface area contributed by atoms with Crippen LogP contribution >= 0.6 is 0 Å². The zero-order valence-corrected chi connectivity index (χ0v) is 15.6. The number of nitrogens with zero attached hydrogens (tertiary/aromatic N) is 5. The highest BCUT2D eigenvalue weighted by Crippen LogP contribution is 2.32. The molecule has 1 atom stereocenters. The summed E-state index contributed by atoms with van der Waals surface area (Å²) in [7, 11) is 2.03. The molecule has 7 nitrogen and oxygen atoms in total. The quantitative estimate of drug-likeness (QED) is 0.665. The van der Waals surface area contributed by atoms with Crippen molar-refractivity contribution in [1.82, 2.24) is 20.0 Å².